The van der Waals surface area contributed by atoms with E-state index in [1.807, 2.05) is 48.7 Å². The Hall–Kier alpha value is -4.25. The van der Waals surface area contributed by atoms with E-state index in [1.165, 1.54) is 5.56 Å². The van der Waals surface area contributed by atoms with Crippen LogP contribution in [0.4, 0.5) is 0 Å². The summed E-state index contributed by atoms with van der Waals surface area (Å²) >= 11 is 0. The Kier molecular flexibility index (Phi) is 4.32. The number of pyridine rings is 1. The molecule has 0 spiro atoms. The van der Waals surface area contributed by atoms with Crippen LogP contribution in [0.25, 0.3) is 57.6 Å². The first kappa shape index (κ1) is 18.5. The molecule has 0 aliphatic carbocycles. The summed E-state index contributed by atoms with van der Waals surface area (Å²) < 4.78 is 0. The lowest BCUT2D eigenvalue weighted by Crippen LogP contribution is -1.90. The summed E-state index contributed by atoms with van der Waals surface area (Å²) in [5.41, 5.74) is 10.9. The predicted molar refractivity (Wildman–Crippen MR) is 131 cm³/mol. The fourth-order valence-corrected chi connectivity index (χ4v) is 4.18. The molecule has 0 aromatic carbocycles. The maximum absolute atomic E-state index is 4.78. The molecule has 0 saturated heterocycles. The minimum absolute atomic E-state index is 0.891. The van der Waals surface area contributed by atoms with Gasteiger partial charge in [0.2, 0.25) is 0 Å². The highest BCUT2D eigenvalue weighted by atomic mass is 14.8. The Morgan fingerprint density at radius 1 is 0.688 bits per heavy atom. The summed E-state index contributed by atoms with van der Waals surface area (Å²) in [5, 5.41) is 0. The number of hydrogen-bond acceptors (Lipinski definition) is 3. The van der Waals surface area contributed by atoms with Crippen LogP contribution in [0.15, 0.2) is 60.8 Å². The first-order valence-corrected chi connectivity index (χ1v) is 10.8. The number of aryl methyl sites for hydroxylation is 1. The van der Waals surface area contributed by atoms with Gasteiger partial charge in [-0.2, -0.15) is 0 Å². The molecule has 0 unspecified atom stereocenters. The molecular weight excluding hydrogens is 394 g/mol. The van der Waals surface area contributed by atoms with Crippen LogP contribution in [0.3, 0.4) is 0 Å². The Balaban J connectivity index is 1.68. The topological polar surface area (TPSA) is 70.2 Å². The van der Waals surface area contributed by atoms with Crippen molar-refractivity contribution in [2.24, 2.45) is 0 Å². The van der Waals surface area contributed by atoms with Crippen LogP contribution in [-0.2, 0) is 6.42 Å². The second kappa shape index (κ2) is 7.46. The summed E-state index contributed by atoms with van der Waals surface area (Å²) in [6.45, 7) is 2.16. The largest absolute Gasteiger partial charge is 0.355 e. The van der Waals surface area contributed by atoms with Gasteiger partial charge in [-0.25, -0.2) is 9.97 Å². The van der Waals surface area contributed by atoms with Crippen LogP contribution in [0.5, 0.6) is 0 Å². The van der Waals surface area contributed by atoms with E-state index in [9.17, 15) is 0 Å². The van der Waals surface area contributed by atoms with Crippen LogP contribution in [0, 0.1) is 0 Å². The molecule has 5 heteroatoms. The third-order valence-corrected chi connectivity index (χ3v) is 5.70. The lowest BCUT2D eigenvalue weighted by Gasteiger charge is -2.04. The molecule has 2 aliphatic rings. The van der Waals surface area contributed by atoms with Gasteiger partial charge < -0.3 is 9.97 Å². The molecule has 0 amide bonds. The van der Waals surface area contributed by atoms with E-state index in [0.717, 1.165) is 62.5 Å². The van der Waals surface area contributed by atoms with Crippen LogP contribution < -0.4 is 0 Å². The first-order valence-electron chi connectivity index (χ1n) is 10.8. The monoisotopic (exact) mass is 415 g/mol. The van der Waals surface area contributed by atoms with Crippen LogP contribution in [0.2, 0.25) is 0 Å². The van der Waals surface area contributed by atoms with Crippen molar-refractivity contribution in [2.75, 3.05) is 0 Å². The van der Waals surface area contributed by atoms with E-state index >= 15 is 0 Å². The Morgan fingerprint density at radius 2 is 1.38 bits per heavy atom. The van der Waals surface area contributed by atoms with E-state index in [2.05, 4.69) is 58.3 Å². The zero-order valence-electron chi connectivity index (χ0n) is 17.6. The third kappa shape index (κ3) is 3.44. The lowest BCUT2D eigenvalue weighted by molar-refractivity contribution is 1.11. The Morgan fingerprint density at radius 3 is 2.12 bits per heavy atom. The predicted octanol–water partition coefficient (Wildman–Crippen LogP) is 6.28. The van der Waals surface area contributed by atoms with E-state index in [1.54, 1.807) is 0 Å². The standard InChI is InChI=1S/C27H21N5/c1-2-17-4-3-11-28-27(17)25-15-24-14-22-8-7-20(30-22)12-18-5-6-19(29-18)13-21-9-10-23(31-21)16-26(25)32-24/h3-16,30,32H,2H2,1H3. The first-order chi connectivity index (χ1) is 15.7. The SMILES string of the molecule is CCc1cccnc1-c1cc2cc3ccc(cc4nc(cc5nc(cc1[nH]2)C=C5)C=C4)[nH]3. The van der Waals surface area contributed by atoms with Gasteiger partial charge in [-0.15, -0.1) is 0 Å². The second-order valence-corrected chi connectivity index (χ2v) is 7.95. The quantitative estimate of drug-likeness (QED) is 0.350. The lowest BCUT2D eigenvalue weighted by atomic mass is 10.0. The van der Waals surface area contributed by atoms with Crippen molar-refractivity contribution in [1.29, 1.82) is 0 Å². The molecule has 0 radical (unpaired) electrons. The maximum atomic E-state index is 4.78. The Labute approximate surface area is 185 Å². The molecule has 2 aliphatic heterocycles. The molecule has 0 atom stereocenters. The summed E-state index contributed by atoms with van der Waals surface area (Å²) in [6, 6.07) is 18.7. The van der Waals surface area contributed by atoms with Gasteiger partial charge in [0.15, 0.2) is 0 Å². The highest BCUT2D eigenvalue weighted by molar-refractivity contribution is 5.87. The van der Waals surface area contributed by atoms with Crippen molar-refractivity contribution < 1.29 is 0 Å². The van der Waals surface area contributed by atoms with Crippen molar-refractivity contribution in [3.63, 3.8) is 0 Å². The van der Waals surface area contributed by atoms with E-state index < -0.39 is 0 Å². The number of H-pyrrole nitrogens is 2. The fraction of sp³-hybridized carbons (Fsp3) is 0.0741. The van der Waals surface area contributed by atoms with E-state index in [4.69, 9.17) is 9.97 Å². The molecule has 4 aromatic rings. The van der Waals surface area contributed by atoms with Crippen LogP contribution >= 0.6 is 0 Å². The van der Waals surface area contributed by atoms with Crippen molar-refractivity contribution >= 4 is 46.4 Å². The van der Waals surface area contributed by atoms with Gasteiger partial charge in [-0.05, 0) is 84.8 Å². The van der Waals surface area contributed by atoms with Gasteiger partial charge in [0.1, 0.15) is 0 Å². The third-order valence-electron chi connectivity index (χ3n) is 5.70. The summed E-state index contributed by atoms with van der Waals surface area (Å²) in [4.78, 5) is 21.2. The molecule has 6 heterocycles. The smallest absolute Gasteiger partial charge is 0.0755 e. The molecule has 0 saturated carbocycles. The van der Waals surface area contributed by atoms with Crippen LogP contribution in [-0.4, -0.2) is 24.9 Å². The molecule has 8 bridgehead atoms. The number of nitrogens with one attached hydrogen (secondary N) is 2. The van der Waals surface area contributed by atoms with Crippen molar-refractivity contribution in [3.05, 3.63) is 89.1 Å². The number of hydrogen-bond donors (Lipinski definition) is 2. The molecule has 154 valence electrons. The van der Waals surface area contributed by atoms with Crippen LogP contribution in [0.1, 0.15) is 35.3 Å². The zero-order valence-corrected chi connectivity index (χ0v) is 17.6. The number of nitrogens with zero attached hydrogens (tertiary/aromatic N) is 3. The summed E-state index contributed by atoms with van der Waals surface area (Å²) in [5.74, 6) is 0. The molecule has 6 rings (SSSR count). The van der Waals surface area contributed by atoms with Gasteiger partial charge in [0, 0.05) is 28.3 Å². The highest BCUT2D eigenvalue weighted by Crippen LogP contribution is 2.29. The average Bonchev–Trinajstić information content (AvgIpc) is 3.59. The van der Waals surface area contributed by atoms with Crippen molar-refractivity contribution in [3.8, 4) is 11.3 Å². The summed E-state index contributed by atoms with van der Waals surface area (Å²) in [6.07, 6.45) is 10.9. The number of rotatable bonds is 2. The molecule has 0 fully saturated rings. The normalized spacial score (nSPS) is 12.4. The average molecular weight is 416 g/mol. The minimum atomic E-state index is 0.891. The zero-order chi connectivity index (χ0) is 21.5. The van der Waals surface area contributed by atoms with Gasteiger partial charge in [-0.1, -0.05) is 13.0 Å². The second-order valence-electron chi connectivity index (χ2n) is 7.95. The molecule has 2 N–H and O–H groups in total. The highest BCUT2D eigenvalue weighted by Gasteiger charge is 2.10. The van der Waals surface area contributed by atoms with Crippen molar-refractivity contribution in [2.45, 2.75) is 13.3 Å². The van der Waals surface area contributed by atoms with Gasteiger partial charge in [0.25, 0.3) is 0 Å². The molecular formula is C27H21N5. The maximum Gasteiger partial charge on any atom is 0.0755 e. The van der Waals surface area contributed by atoms with Gasteiger partial charge in [-0.3, -0.25) is 4.98 Å². The molecule has 4 aromatic heterocycles. The number of aromatic amines is 2. The summed E-state index contributed by atoms with van der Waals surface area (Å²) in [7, 11) is 0. The van der Waals surface area contributed by atoms with Gasteiger partial charge in [0.05, 0.1) is 34.0 Å². The van der Waals surface area contributed by atoms with Crippen molar-refractivity contribution in [1.82, 2.24) is 24.9 Å². The number of fused-ring (bicyclic) bond motifs is 8. The fourth-order valence-electron chi connectivity index (χ4n) is 4.18. The minimum Gasteiger partial charge on any atom is -0.355 e. The van der Waals surface area contributed by atoms with E-state index in [0.29, 0.717) is 0 Å². The molecule has 32 heavy (non-hydrogen) atoms. The van der Waals surface area contributed by atoms with E-state index in [-0.39, 0.29) is 0 Å². The van der Waals surface area contributed by atoms with Gasteiger partial charge >= 0.3 is 0 Å². The molecule has 5 nitrogen and oxygen atoms in total. The number of aromatic nitrogens is 5. The Bertz CT molecular complexity index is 1570.